The van der Waals surface area contributed by atoms with Crippen molar-refractivity contribution in [3.8, 4) is 11.5 Å². The van der Waals surface area contributed by atoms with E-state index in [0.29, 0.717) is 18.8 Å². The second kappa shape index (κ2) is 6.98. The molecule has 1 aliphatic heterocycles. The number of aryl methyl sites for hydroxylation is 1. The summed E-state index contributed by atoms with van der Waals surface area (Å²) < 4.78 is 9.31. The molecule has 0 aliphatic carbocycles. The molecule has 0 atom stereocenters. The van der Waals surface area contributed by atoms with Gasteiger partial charge in [0, 0.05) is 24.0 Å². The summed E-state index contributed by atoms with van der Waals surface area (Å²) in [4.78, 5) is 14.5. The lowest BCUT2D eigenvalue weighted by atomic mass is 10.2. The average molecular weight is 384 g/mol. The van der Waals surface area contributed by atoms with Crippen LogP contribution in [-0.4, -0.2) is 25.2 Å². The van der Waals surface area contributed by atoms with Gasteiger partial charge in [0.15, 0.2) is 0 Å². The normalized spacial score (nSPS) is 13.3. The fourth-order valence-corrected chi connectivity index (χ4v) is 3.71. The molecule has 0 radical (unpaired) electrons. The van der Waals surface area contributed by atoms with Crippen molar-refractivity contribution in [2.45, 2.75) is 20.0 Å². The Morgan fingerprint density at radius 3 is 2.66 bits per heavy atom. The maximum Gasteiger partial charge on any atom is 0.247 e. The zero-order valence-corrected chi connectivity index (χ0v) is 16.0. The van der Waals surface area contributed by atoms with Crippen LogP contribution in [0.2, 0.25) is 0 Å². The summed E-state index contributed by atoms with van der Waals surface area (Å²) in [6.45, 7) is 3.09. The van der Waals surface area contributed by atoms with Gasteiger partial charge >= 0.3 is 0 Å². The third-order valence-corrected chi connectivity index (χ3v) is 5.17. The monoisotopic (exact) mass is 384 g/mol. The highest BCUT2D eigenvalue weighted by Crippen LogP contribution is 2.31. The van der Waals surface area contributed by atoms with Crippen molar-refractivity contribution in [3.05, 3.63) is 95.8 Å². The molecule has 6 heteroatoms. The van der Waals surface area contributed by atoms with Gasteiger partial charge in [-0.15, -0.1) is 0 Å². The molecule has 3 aromatic heterocycles. The van der Waals surface area contributed by atoms with E-state index in [2.05, 4.69) is 23.6 Å². The van der Waals surface area contributed by atoms with Gasteiger partial charge in [0.25, 0.3) is 0 Å². The smallest absolute Gasteiger partial charge is 0.247 e. The fourth-order valence-electron chi connectivity index (χ4n) is 3.71. The SMILES string of the molecule is Cc1ccccc1-n1nc2c(c1-n1cccc1)CN(C(=O)/C=C/c1ccco1)C2. The maximum absolute atomic E-state index is 12.7. The molecule has 5 rings (SSSR count). The Morgan fingerprint density at radius 1 is 1.07 bits per heavy atom. The lowest BCUT2D eigenvalue weighted by Crippen LogP contribution is -2.24. The number of fused-ring (bicyclic) bond motifs is 1. The van der Waals surface area contributed by atoms with Gasteiger partial charge in [0.1, 0.15) is 11.6 Å². The molecule has 0 saturated carbocycles. The molecule has 0 N–H and O–H groups in total. The summed E-state index contributed by atoms with van der Waals surface area (Å²) in [5.41, 5.74) is 4.19. The third-order valence-electron chi connectivity index (χ3n) is 5.17. The van der Waals surface area contributed by atoms with Gasteiger partial charge in [-0.25, -0.2) is 4.68 Å². The first-order valence-electron chi connectivity index (χ1n) is 9.51. The first-order valence-corrected chi connectivity index (χ1v) is 9.51. The highest BCUT2D eigenvalue weighted by atomic mass is 16.3. The van der Waals surface area contributed by atoms with E-state index in [1.807, 2.05) is 47.4 Å². The number of benzene rings is 1. The number of carbonyl (C=O) groups excluding carboxylic acids is 1. The zero-order valence-electron chi connectivity index (χ0n) is 16.0. The molecule has 0 bridgehead atoms. The van der Waals surface area contributed by atoms with Crippen LogP contribution in [0, 0.1) is 6.92 Å². The minimum Gasteiger partial charge on any atom is -0.465 e. The molecule has 1 aromatic carbocycles. The predicted octanol–water partition coefficient (Wildman–Crippen LogP) is 4.12. The van der Waals surface area contributed by atoms with Crippen LogP contribution in [-0.2, 0) is 17.9 Å². The molecule has 4 heterocycles. The van der Waals surface area contributed by atoms with Crippen LogP contribution in [0.1, 0.15) is 22.6 Å². The standard InChI is InChI=1S/C23H20N4O2/c1-17-7-2-3-9-21(17)27-23(25-12-4-5-13-25)19-15-26(16-20(19)24-27)22(28)11-10-18-8-6-14-29-18/h2-14H,15-16H2,1H3/b11-10+. The lowest BCUT2D eigenvalue weighted by molar-refractivity contribution is -0.126. The number of furan rings is 1. The molecule has 6 nitrogen and oxygen atoms in total. The number of carbonyl (C=O) groups is 1. The molecule has 144 valence electrons. The van der Waals surface area contributed by atoms with E-state index in [-0.39, 0.29) is 5.91 Å². The van der Waals surface area contributed by atoms with Gasteiger partial charge in [0.05, 0.1) is 30.7 Å². The number of rotatable bonds is 4. The molecule has 0 saturated heterocycles. The van der Waals surface area contributed by atoms with Crippen molar-refractivity contribution >= 4 is 12.0 Å². The molecule has 0 spiro atoms. The number of nitrogens with zero attached hydrogens (tertiary/aromatic N) is 4. The summed E-state index contributed by atoms with van der Waals surface area (Å²) >= 11 is 0. The Labute approximate surface area is 168 Å². The van der Waals surface area contributed by atoms with Crippen LogP contribution in [0.25, 0.3) is 17.6 Å². The highest BCUT2D eigenvalue weighted by Gasteiger charge is 2.30. The topological polar surface area (TPSA) is 56.2 Å². The molecule has 4 aromatic rings. The highest BCUT2D eigenvalue weighted by molar-refractivity contribution is 5.91. The largest absolute Gasteiger partial charge is 0.465 e. The quantitative estimate of drug-likeness (QED) is 0.497. The molecular formula is C23H20N4O2. The maximum atomic E-state index is 12.7. The van der Waals surface area contributed by atoms with Crippen LogP contribution < -0.4 is 0 Å². The van der Waals surface area contributed by atoms with E-state index in [1.54, 1.807) is 29.4 Å². The number of hydrogen-bond donors (Lipinski definition) is 0. The van der Waals surface area contributed by atoms with Crippen LogP contribution in [0.15, 0.2) is 77.7 Å². The van der Waals surface area contributed by atoms with Crippen molar-refractivity contribution in [1.29, 1.82) is 0 Å². The van der Waals surface area contributed by atoms with E-state index >= 15 is 0 Å². The average Bonchev–Trinajstić information content (AvgIpc) is 3.50. The third kappa shape index (κ3) is 3.08. The number of hydrogen-bond acceptors (Lipinski definition) is 3. The van der Waals surface area contributed by atoms with Crippen LogP contribution in [0.3, 0.4) is 0 Å². The minimum atomic E-state index is -0.0553. The van der Waals surface area contributed by atoms with Gasteiger partial charge in [-0.3, -0.25) is 4.79 Å². The fraction of sp³-hybridized carbons (Fsp3) is 0.130. The van der Waals surface area contributed by atoms with Crippen LogP contribution in [0.4, 0.5) is 0 Å². The van der Waals surface area contributed by atoms with Gasteiger partial charge in [0.2, 0.25) is 5.91 Å². The Morgan fingerprint density at radius 2 is 1.90 bits per heavy atom. The first-order chi connectivity index (χ1) is 14.2. The lowest BCUT2D eigenvalue weighted by Gasteiger charge is -2.16. The first kappa shape index (κ1) is 17.3. The Kier molecular flexibility index (Phi) is 4.17. The van der Waals surface area contributed by atoms with Crippen LogP contribution >= 0.6 is 0 Å². The molecule has 1 aliphatic rings. The Bertz CT molecular complexity index is 1180. The number of para-hydroxylation sites is 1. The van der Waals surface area contributed by atoms with Crippen molar-refractivity contribution in [1.82, 2.24) is 19.2 Å². The Hall–Kier alpha value is -3.80. The summed E-state index contributed by atoms with van der Waals surface area (Å²) in [5.74, 6) is 1.58. The van der Waals surface area contributed by atoms with Gasteiger partial charge in [-0.2, -0.15) is 5.10 Å². The molecule has 0 unspecified atom stereocenters. The van der Waals surface area contributed by atoms with E-state index in [9.17, 15) is 4.79 Å². The van der Waals surface area contributed by atoms with Crippen molar-refractivity contribution in [2.24, 2.45) is 0 Å². The zero-order chi connectivity index (χ0) is 19.8. The second-order valence-electron chi connectivity index (χ2n) is 7.08. The van der Waals surface area contributed by atoms with E-state index in [1.165, 1.54) is 0 Å². The summed E-state index contributed by atoms with van der Waals surface area (Å²) in [6.07, 6.45) is 8.85. The number of amides is 1. The van der Waals surface area contributed by atoms with Crippen molar-refractivity contribution in [2.75, 3.05) is 0 Å². The second-order valence-corrected chi connectivity index (χ2v) is 7.08. The van der Waals surface area contributed by atoms with Gasteiger partial charge in [-0.05, 0) is 48.9 Å². The predicted molar refractivity (Wildman–Crippen MR) is 110 cm³/mol. The molecule has 29 heavy (non-hydrogen) atoms. The minimum absolute atomic E-state index is 0.0553. The van der Waals surface area contributed by atoms with Gasteiger partial charge < -0.3 is 13.9 Å². The van der Waals surface area contributed by atoms with E-state index in [4.69, 9.17) is 9.52 Å². The van der Waals surface area contributed by atoms with Gasteiger partial charge in [-0.1, -0.05) is 18.2 Å². The van der Waals surface area contributed by atoms with Crippen molar-refractivity contribution in [3.63, 3.8) is 0 Å². The molecule has 0 fully saturated rings. The molecular weight excluding hydrogens is 364 g/mol. The Balaban J connectivity index is 1.50. The summed E-state index contributed by atoms with van der Waals surface area (Å²) in [6, 6.07) is 15.8. The van der Waals surface area contributed by atoms with Crippen molar-refractivity contribution < 1.29 is 9.21 Å². The molecule has 1 amide bonds. The summed E-state index contributed by atoms with van der Waals surface area (Å²) in [7, 11) is 0. The van der Waals surface area contributed by atoms with E-state index in [0.717, 1.165) is 28.3 Å². The van der Waals surface area contributed by atoms with Crippen LogP contribution in [0.5, 0.6) is 0 Å². The van der Waals surface area contributed by atoms with E-state index < -0.39 is 0 Å². The number of aromatic nitrogens is 3. The summed E-state index contributed by atoms with van der Waals surface area (Å²) in [5, 5.41) is 4.88.